The SMILES string of the molecule is CC(=O)CCP(=O)(O)CCCN.Cl. The van der Waals surface area contributed by atoms with E-state index in [4.69, 9.17) is 5.73 Å². The number of halogens is 1. The van der Waals surface area contributed by atoms with Crippen molar-refractivity contribution in [2.45, 2.75) is 19.8 Å². The summed E-state index contributed by atoms with van der Waals surface area (Å²) in [5.74, 6) is -0.0444. The summed E-state index contributed by atoms with van der Waals surface area (Å²) in [5, 5.41) is 0. The summed E-state index contributed by atoms with van der Waals surface area (Å²) < 4.78 is 11.2. The first kappa shape index (κ1) is 15.6. The third kappa shape index (κ3) is 10.0. The van der Waals surface area contributed by atoms with E-state index in [1.165, 1.54) is 6.92 Å². The van der Waals surface area contributed by atoms with Gasteiger partial charge in [0, 0.05) is 18.7 Å². The first-order valence-corrected chi connectivity index (χ1v) is 6.01. The van der Waals surface area contributed by atoms with Gasteiger partial charge < -0.3 is 15.4 Å². The molecule has 4 nitrogen and oxygen atoms in total. The minimum atomic E-state index is -3.06. The number of carbonyl (C=O) groups is 1. The van der Waals surface area contributed by atoms with Gasteiger partial charge in [0.2, 0.25) is 7.37 Å². The maximum Gasteiger partial charge on any atom is 0.201 e. The molecule has 0 aromatic heterocycles. The van der Waals surface area contributed by atoms with Gasteiger partial charge in [-0.05, 0) is 19.9 Å². The number of hydrogen-bond donors (Lipinski definition) is 2. The van der Waals surface area contributed by atoms with Crippen LogP contribution in [-0.4, -0.2) is 29.5 Å². The highest BCUT2D eigenvalue weighted by atomic mass is 35.5. The summed E-state index contributed by atoms with van der Waals surface area (Å²) in [6, 6.07) is 0. The molecule has 6 heteroatoms. The average Bonchev–Trinajstić information content (AvgIpc) is 1.98. The molecule has 0 fully saturated rings. The molecule has 0 aliphatic carbocycles. The highest BCUT2D eigenvalue weighted by Gasteiger charge is 2.17. The second kappa shape index (κ2) is 7.51. The van der Waals surface area contributed by atoms with Crippen molar-refractivity contribution in [1.29, 1.82) is 0 Å². The summed E-state index contributed by atoms with van der Waals surface area (Å²) in [5.41, 5.74) is 5.19. The molecule has 0 radical (unpaired) electrons. The lowest BCUT2D eigenvalue weighted by Crippen LogP contribution is -2.05. The maximum absolute atomic E-state index is 11.2. The van der Waals surface area contributed by atoms with Crippen LogP contribution in [0.5, 0.6) is 0 Å². The predicted molar refractivity (Wildman–Crippen MR) is 55.8 cm³/mol. The maximum atomic E-state index is 11.2. The Morgan fingerprint density at radius 2 is 2.00 bits per heavy atom. The van der Waals surface area contributed by atoms with Crippen LogP contribution in [0.15, 0.2) is 0 Å². The number of hydrogen-bond acceptors (Lipinski definition) is 3. The van der Waals surface area contributed by atoms with E-state index in [0.717, 1.165) is 0 Å². The van der Waals surface area contributed by atoms with E-state index in [2.05, 4.69) is 0 Å². The Balaban J connectivity index is 0. The monoisotopic (exact) mass is 229 g/mol. The third-order valence-electron chi connectivity index (χ3n) is 1.52. The lowest BCUT2D eigenvalue weighted by Gasteiger charge is -2.08. The van der Waals surface area contributed by atoms with Crippen molar-refractivity contribution < 1.29 is 14.3 Å². The Labute approximate surface area is 84.8 Å². The second-order valence-electron chi connectivity index (χ2n) is 2.89. The van der Waals surface area contributed by atoms with Gasteiger partial charge in [0.15, 0.2) is 0 Å². The van der Waals surface area contributed by atoms with Gasteiger partial charge >= 0.3 is 0 Å². The van der Waals surface area contributed by atoms with Gasteiger partial charge in [-0.3, -0.25) is 4.57 Å². The number of carbonyl (C=O) groups excluding carboxylic acids is 1. The highest BCUT2D eigenvalue weighted by Crippen LogP contribution is 2.41. The largest absolute Gasteiger partial charge is 0.344 e. The standard InChI is InChI=1S/C7H16NO3P.ClH/c1-7(9)3-6-12(10,11)5-2-4-8;/h2-6,8H2,1H3,(H,10,11);1H. The fourth-order valence-electron chi connectivity index (χ4n) is 0.782. The molecule has 0 saturated heterocycles. The first-order valence-electron chi connectivity index (χ1n) is 3.98. The second-order valence-corrected chi connectivity index (χ2v) is 5.47. The average molecular weight is 230 g/mol. The molecule has 0 aliphatic heterocycles. The Morgan fingerprint density at radius 1 is 1.46 bits per heavy atom. The molecule has 0 amide bonds. The molecule has 0 aromatic carbocycles. The minimum Gasteiger partial charge on any atom is -0.344 e. The number of nitrogens with two attached hydrogens (primary N) is 1. The van der Waals surface area contributed by atoms with Crippen LogP contribution in [0, 0.1) is 0 Å². The summed E-state index contributed by atoms with van der Waals surface area (Å²) in [6.07, 6.45) is 1.07. The Hall–Kier alpha value is 0.110. The molecule has 0 saturated carbocycles. The van der Waals surface area contributed by atoms with Crippen molar-refractivity contribution in [1.82, 2.24) is 0 Å². The molecular weight excluding hydrogens is 213 g/mol. The van der Waals surface area contributed by atoms with Crippen LogP contribution in [0.3, 0.4) is 0 Å². The molecule has 1 unspecified atom stereocenters. The van der Waals surface area contributed by atoms with Gasteiger partial charge in [0.05, 0.1) is 0 Å². The van der Waals surface area contributed by atoms with Crippen molar-refractivity contribution in [2.24, 2.45) is 5.73 Å². The fourth-order valence-corrected chi connectivity index (χ4v) is 2.35. The van der Waals surface area contributed by atoms with Gasteiger partial charge in [0.25, 0.3) is 0 Å². The lowest BCUT2D eigenvalue weighted by atomic mass is 10.4. The Morgan fingerprint density at radius 3 is 2.38 bits per heavy atom. The topological polar surface area (TPSA) is 80.4 Å². The fraction of sp³-hybridized carbons (Fsp3) is 0.857. The number of rotatable bonds is 6. The summed E-state index contributed by atoms with van der Waals surface area (Å²) in [6.45, 7) is 1.84. The van der Waals surface area contributed by atoms with Gasteiger partial charge in [-0.2, -0.15) is 0 Å². The zero-order chi connectivity index (χ0) is 9.61. The minimum absolute atomic E-state index is 0. The molecule has 0 rings (SSSR count). The van der Waals surface area contributed by atoms with Gasteiger partial charge in [-0.1, -0.05) is 0 Å². The van der Waals surface area contributed by atoms with Crippen molar-refractivity contribution in [3.63, 3.8) is 0 Å². The van der Waals surface area contributed by atoms with Crippen LogP contribution in [-0.2, 0) is 9.36 Å². The van der Waals surface area contributed by atoms with E-state index in [9.17, 15) is 14.3 Å². The quantitative estimate of drug-likeness (QED) is 0.666. The van der Waals surface area contributed by atoms with Crippen LogP contribution in [0.25, 0.3) is 0 Å². The molecular formula is C7H17ClNO3P. The van der Waals surface area contributed by atoms with E-state index < -0.39 is 7.37 Å². The molecule has 80 valence electrons. The number of ketones is 1. The van der Waals surface area contributed by atoms with Crippen LogP contribution in [0.1, 0.15) is 19.8 Å². The third-order valence-corrected chi connectivity index (χ3v) is 3.46. The van der Waals surface area contributed by atoms with Crippen LogP contribution >= 0.6 is 19.8 Å². The van der Waals surface area contributed by atoms with Crippen LogP contribution in [0.2, 0.25) is 0 Å². The molecule has 3 N–H and O–H groups in total. The van der Waals surface area contributed by atoms with E-state index in [1.807, 2.05) is 0 Å². The van der Waals surface area contributed by atoms with Gasteiger partial charge in [-0.25, -0.2) is 0 Å². The van der Waals surface area contributed by atoms with Crippen molar-refractivity contribution in [3.05, 3.63) is 0 Å². The smallest absolute Gasteiger partial charge is 0.201 e. The zero-order valence-electron chi connectivity index (χ0n) is 7.73. The summed E-state index contributed by atoms with van der Waals surface area (Å²) >= 11 is 0. The first-order chi connectivity index (χ1) is 5.48. The van der Waals surface area contributed by atoms with Crippen LogP contribution < -0.4 is 5.73 Å². The summed E-state index contributed by atoms with van der Waals surface area (Å²) in [7, 11) is -3.06. The summed E-state index contributed by atoms with van der Waals surface area (Å²) in [4.78, 5) is 19.7. The van der Waals surface area contributed by atoms with Crippen molar-refractivity contribution >= 4 is 25.6 Å². The Bertz CT molecular complexity index is 198. The lowest BCUT2D eigenvalue weighted by molar-refractivity contribution is -0.116. The Kier molecular flexibility index (Phi) is 9.00. The highest BCUT2D eigenvalue weighted by molar-refractivity contribution is 7.58. The van der Waals surface area contributed by atoms with Gasteiger partial charge in [-0.15, -0.1) is 12.4 Å². The van der Waals surface area contributed by atoms with E-state index >= 15 is 0 Å². The molecule has 0 bridgehead atoms. The van der Waals surface area contributed by atoms with Crippen LogP contribution in [0.4, 0.5) is 0 Å². The molecule has 0 aliphatic rings. The predicted octanol–water partition coefficient (Wildman–Crippen LogP) is 1.01. The van der Waals surface area contributed by atoms with Gasteiger partial charge in [0.1, 0.15) is 5.78 Å². The molecule has 0 aromatic rings. The van der Waals surface area contributed by atoms with Crippen molar-refractivity contribution in [3.8, 4) is 0 Å². The van der Waals surface area contributed by atoms with E-state index in [-0.39, 0.29) is 36.9 Å². The molecule has 1 atom stereocenters. The molecule has 13 heavy (non-hydrogen) atoms. The van der Waals surface area contributed by atoms with E-state index in [0.29, 0.717) is 13.0 Å². The van der Waals surface area contributed by atoms with E-state index in [1.54, 1.807) is 0 Å². The molecule has 0 heterocycles. The molecule has 0 spiro atoms. The normalized spacial score (nSPS) is 14.4. The number of Topliss-reactive ketones (excluding diaryl/α,β-unsaturated/α-hetero) is 1. The zero-order valence-corrected chi connectivity index (χ0v) is 9.44. The van der Waals surface area contributed by atoms with Crippen molar-refractivity contribution in [2.75, 3.05) is 18.9 Å².